The molecule has 0 radical (unpaired) electrons. The number of rotatable bonds is 1. The number of hydrogen-bond acceptors (Lipinski definition) is 2. The van der Waals surface area contributed by atoms with Crippen molar-refractivity contribution < 1.29 is 4.79 Å². The Morgan fingerprint density at radius 2 is 1.71 bits per heavy atom. The molecular formula is C14H18N2O. The second-order valence-corrected chi connectivity index (χ2v) is 5.13. The maximum atomic E-state index is 12.3. The van der Waals surface area contributed by atoms with Gasteiger partial charge in [0.15, 0.2) is 0 Å². The molecule has 3 rings (SSSR count). The van der Waals surface area contributed by atoms with Gasteiger partial charge in [-0.25, -0.2) is 0 Å². The summed E-state index contributed by atoms with van der Waals surface area (Å²) in [6.07, 6.45) is 2.47. The Kier molecular flexibility index (Phi) is 2.63. The maximum absolute atomic E-state index is 12.3. The third-order valence-electron chi connectivity index (χ3n) is 4.16. The average molecular weight is 230 g/mol. The molecule has 1 aromatic carbocycles. The highest BCUT2D eigenvalue weighted by molar-refractivity contribution is 5.94. The van der Waals surface area contributed by atoms with Crippen molar-refractivity contribution in [3.05, 3.63) is 35.9 Å². The number of fused-ring (bicyclic) bond motifs is 2. The van der Waals surface area contributed by atoms with Crippen molar-refractivity contribution in [3.8, 4) is 0 Å². The predicted octanol–water partition coefficient (Wildman–Crippen LogP) is 1.61. The van der Waals surface area contributed by atoms with Crippen LogP contribution < -0.4 is 0 Å². The molecule has 0 spiro atoms. The van der Waals surface area contributed by atoms with E-state index in [0.717, 1.165) is 18.7 Å². The summed E-state index contributed by atoms with van der Waals surface area (Å²) in [6, 6.07) is 10.8. The molecule has 0 aliphatic carbocycles. The topological polar surface area (TPSA) is 23.6 Å². The van der Waals surface area contributed by atoms with Gasteiger partial charge in [-0.05, 0) is 32.0 Å². The van der Waals surface area contributed by atoms with Crippen LogP contribution in [0.5, 0.6) is 0 Å². The van der Waals surface area contributed by atoms with Gasteiger partial charge in [-0.2, -0.15) is 0 Å². The van der Waals surface area contributed by atoms with E-state index in [1.165, 1.54) is 12.8 Å². The minimum atomic E-state index is 0.190. The molecular weight excluding hydrogens is 212 g/mol. The van der Waals surface area contributed by atoms with Gasteiger partial charge in [-0.1, -0.05) is 18.2 Å². The number of piperazine rings is 1. The third-order valence-corrected chi connectivity index (χ3v) is 4.16. The predicted molar refractivity (Wildman–Crippen MR) is 66.9 cm³/mol. The number of nitrogens with zero attached hydrogens (tertiary/aromatic N) is 2. The minimum Gasteiger partial charge on any atom is -0.336 e. The Morgan fingerprint density at radius 1 is 1.12 bits per heavy atom. The van der Waals surface area contributed by atoms with E-state index in [9.17, 15) is 4.79 Å². The monoisotopic (exact) mass is 230 g/mol. The summed E-state index contributed by atoms with van der Waals surface area (Å²) >= 11 is 0. The maximum Gasteiger partial charge on any atom is 0.253 e. The van der Waals surface area contributed by atoms with Crippen molar-refractivity contribution >= 4 is 5.91 Å². The molecule has 0 unspecified atom stereocenters. The SMILES string of the molecule is CN1[C@H]2CC[C@H]1CN(C(=O)c1ccccc1)C2. The second-order valence-electron chi connectivity index (χ2n) is 5.13. The first-order chi connectivity index (χ1) is 8.25. The van der Waals surface area contributed by atoms with E-state index in [-0.39, 0.29) is 5.91 Å². The van der Waals surface area contributed by atoms with Gasteiger partial charge in [0.1, 0.15) is 0 Å². The summed E-state index contributed by atoms with van der Waals surface area (Å²) in [5.74, 6) is 0.190. The zero-order chi connectivity index (χ0) is 11.8. The van der Waals surface area contributed by atoms with Crippen LogP contribution in [0.2, 0.25) is 0 Å². The summed E-state index contributed by atoms with van der Waals surface area (Å²) < 4.78 is 0. The number of carbonyl (C=O) groups excluding carboxylic acids is 1. The van der Waals surface area contributed by atoms with Crippen molar-refractivity contribution in [2.24, 2.45) is 0 Å². The number of likely N-dealkylation sites (N-methyl/N-ethyl adjacent to an activating group) is 1. The molecule has 90 valence electrons. The lowest BCUT2D eigenvalue weighted by molar-refractivity contribution is 0.0524. The quantitative estimate of drug-likeness (QED) is 0.731. The highest BCUT2D eigenvalue weighted by Gasteiger charge is 2.39. The van der Waals surface area contributed by atoms with Crippen molar-refractivity contribution in [1.82, 2.24) is 9.80 Å². The van der Waals surface area contributed by atoms with Gasteiger partial charge >= 0.3 is 0 Å². The number of benzene rings is 1. The molecule has 2 saturated heterocycles. The molecule has 1 amide bonds. The summed E-state index contributed by atoms with van der Waals surface area (Å²) in [5, 5.41) is 0. The van der Waals surface area contributed by atoms with E-state index in [0.29, 0.717) is 12.1 Å². The molecule has 2 atom stereocenters. The summed E-state index contributed by atoms with van der Waals surface area (Å²) in [4.78, 5) is 16.8. The molecule has 3 nitrogen and oxygen atoms in total. The fourth-order valence-electron chi connectivity index (χ4n) is 3.04. The van der Waals surface area contributed by atoms with Crippen molar-refractivity contribution in [3.63, 3.8) is 0 Å². The third kappa shape index (κ3) is 1.84. The smallest absolute Gasteiger partial charge is 0.253 e. The van der Waals surface area contributed by atoms with E-state index >= 15 is 0 Å². The Labute approximate surface area is 102 Å². The fourth-order valence-corrected chi connectivity index (χ4v) is 3.04. The van der Waals surface area contributed by atoms with Crippen LogP contribution in [0.1, 0.15) is 23.2 Å². The molecule has 0 aromatic heterocycles. The molecule has 2 heterocycles. The van der Waals surface area contributed by atoms with Crippen LogP contribution in [0.3, 0.4) is 0 Å². The molecule has 17 heavy (non-hydrogen) atoms. The highest BCUT2D eigenvalue weighted by atomic mass is 16.2. The van der Waals surface area contributed by atoms with Crippen LogP contribution in [-0.4, -0.2) is 47.9 Å². The zero-order valence-electron chi connectivity index (χ0n) is 10.2. The van der Waals surface area contributed by atoms with Gasteiger partial charge in [-0.3, -0.25) is 9.69 Å². The van der Waals surface area contributed by atoms with Crippen molar-refractivity contribution in [1.29, 1.82) is 0 Å². The van der Waals surface area contributed by atoms with Crippen LogP contribution in [-0.2, 0) is 0 Å². The first-order valence-electron chi connectivity index (χ1n) is 6.32. The van der Waals surface area contributed by atoms with Crippen molar-refractivity contribution in [2.45, 2.75) is 24.9 Å². The molecule has 2 aliphatic heterocycles. The van der Waals surface area contributed by atoms with Gasteiger partial charge in [0.2, 0.25) is 0 Å². The van der Waals surface area contributed by atoms with Crippen molar-refractivity contribution in [2.75, 3.05) is 20.1 Å². The number of likely N-dealkylation sites (tertiary alicyclic amines) is 1. The average Bonchev–Trinajstić information content (AvgIpc) is 2.61. The molecule has 2 aliphatic rings. The van der Waals surface area contributed by atoms with E-state index in [4.69, 9.17) is 0 Å². The molecule has 0 N–H and O–H groups in total. The lowest BCUT2D eigenvalue weighted by Crippen LogP contribution is -2.53. The summed E-state index contributed by atoms with van der Waals surface area (Å²) in [7, 11) is 2.19. The number of hydrogen-bond donors (Lipinski definition) is 0. The molecule has 0 saturated carbocycles. The van der Waals surface area contributed by atoms with E-state index in [2.05, 4.69) is 11.9 Å². The van der Waals surface area contributed by atoms with E-state index < -0.39 is 0 Å². The van der Waals surface area contributed by atoms with Gasteiger partial charge < -0.3 is 4.90 Å². The van der Waals surface area contributed by atoms with Crippen LogP contribution in [0, 0.1) is 0 Å². The van der Waals surface area contributed by atoms with Crippen LogP contribution in [0.4, 0.5) is 0 Å². The minimum absolute atomic E-state index is 0.190. The van der Waals surface area contributed by atoms with Gasteiger partial charge in [-0.15, -0.1) is 0 Å². The molecule has 3 heteroatoms. The van der Waals surface area contributed by atoms with Gasteiger partial charge in [0, 0.05) is 30.7 Å². The number of amides is 1. The number of carbonyl (C=O) groups is 1. The Balaban J connectivity index is 1.77. The van der Waals surface area contributed by atoms with Crippen LogP contribution in [0.25, 0.3) is 0 Å². The molecule has 1 aromatic rings. The lowest BCUT2D eigenvalue weighted by Gasteiger charge is -2.38. The van der Waals surface area contributed by atoms with Crippen LogP contribution in [0.15, 0.2) is 30.3 Å². The largest absolute Gasteiger partial charge is 0.336 e. The lowest BCUT2D eigenvalue weighted by atomic mass is 10.1. The van der Waals surface area contributed by atoms with E-state index in [1.54, 1.807) is 0 Å². The van der Waals surface area contributed by atoms with Crippen LogP contribution >= 0.6 is 0 Å². The van der Waals surface area contributed by atoms with Gasteiger partial charge in [0.25, 0.3) is 5.91 Å². The van der Waals surface area contributed by atoms with E-state index in [1.807, 2.05) is 35.2 Å². The molecule has 2 fully saturated rings. The normalized spacial score (nSPS) is 28.4. The fraction of sp³-hybridized carbons (Fsp3) is 0.500. The standard InChI is InChI=1S/C14H18N2O/c1-15-12-7-8-13(15)10-16(9-12)14(17)11-5-3-2-4-6-11/h2-6,12-13H,7-10H2,1H3/t12-,13-/m0/s1. The molecule has 2 bridgehead atoms. The Morgan fingerprint density at radius 3 is 2.29 bits per heavy atom. The first-order valence-corrected chi connectivity index (χ1v) is 6.32. The highest BCUT2D eigenvalue weighted by Crippen LogP contribution is 2.28. The van der Waals surface area contributed by atoms with Gasteiger partial charge in [0.05, 0.1) is 0 Å². The Hall–Kier alpha value is -1.35. The second kappa shape index (κ2) is 4.15. The Bertz CT molecular complexity index is 403. The summed E-state index contributed by atoms with van der Waals surface area (Å²) in [6.45, 7) is 1.78. The first kappa shape index (κ1) is 10.8. The summed E-state index contributed by atoms with van der Waals surface area (Å²) in [5.41, 5.74) is 0.816. The zero-order valence-corrected chi connectivity index (χ0v) is 10.2.